The minimum atomic E-state index is -1.25. The van der Waals surface area contributed by atoms with E-state index in [-0.39, 0.29) is 43.9 Å². The van der Waals surface area contributed by atoms with Gasteiger partial charge in [-0.1, -0.05) is 125 Å². The number of rotatable bonds is 21. The van der Waals surface area contributed by atoms with Crippen LogP contribution in [0, 0.1) is 25.7 Å². The number of nitrogens with one attached hydrogen (secondary N) is 6. The van der Waals surface area contributed by atoms with Crippen molar-refractivity contribution < 1.29 is 33.9 Å². The molecule has 0 radical (unpaired) electrons. The predicted molar refractivity (Wildman–Crippen MR) is 237 cm³/mol. The molecule has 0 aromatic heterocycles. The highest BCUT2D eigenvalue weighted by atomic mass is 16.4. The molecule has 0 saturated carbocycles. The molecule has 4 aromatic carbocycles. The summed E-state index contributed by atoms with van der Waals surface area (Å²) in [5.41, 5.74) is 4.72. The molecule has 0 aliphatic rings. The molecule has 0 aliphatic heterocycles. The Bertz CT molecular complexity index is 2060. The largest absolute Gasteiger partial charge is 0.480 e. The van der Waals surface area contributed by atoms with Crippen molar-refractivity contribution in [3.8, 4) is 0 Å². The van der Waals surface area contributed by atoms with Gasteiger partial charge in [0.1, 0.15) is 30.2 Å². The monoisotopic (exact) mass is 832 g/mol. The minimum Gasteiger partial charge on any atom is -0.480 e. The Morgan fingerprint density at radius 3 is 1.16 bits per heavy atom. The van der Waals surface area contributed by atoms with Crippen LogP contribution in [-0.4, -0.2) is 70.9 Å². The zero-order valence-electron chi connectivity index (χ0n) is 35.9. The Morgan fingerprint density at radius 1 is 0.459 bits per heavy atom. The third-order valence-electron chi connectivity index (χ3n) is 9.88. The van der Waals surface area contributed by atoms with Gasteiger partial charge in [0, 0.05) is 24.9 Å². The first-order valence-electron chi connectivity index (χ1n) is 20.8. The molecule has 13 heteroatoms. The second-order valence-electron chi connectivity index (χ2n) is 16.4. The molecule has 0 heterocycles. The maximum atomic E-state index is 14.3. The van der Waals surface area contributed by atoms with Gasteiger partial charge in [0.2, 0.25) is 23.6 Å². The average molecular weight is 833 g/mol. The van der Waals surface area contributed by atoms with Crippen molar-refractivity contribution in [2.75, 3.05) is 5.32 Å². The third kappa shape index (κ3) is 16.2. The van der Waals surface area contributed by atoms with E-state index in [1.807, 2.05) is 114 Å². The van der Waals surface area contributed by atoms with Gasteiger partial charge < -0.3 is 37.0 Å². The number of hydrogen-bond donors (Lipinski definition) is 7. The highest BCUT2D eigenvalue weighted by Gasteiger charge is 2.33. The van der Waals surface area contributed by atoms with Gasteiger partial charge in [-0.25, -0.2) is 9.59 Å². The van der Waals surface area contributed by atoms with E-state index in [0.29, 0.717) is 5.69 Å². The first-order valence-corrected chi connectivity index (χ1v) is 20.8. The summed E-state index contributed by atoms with van der Waals surface area (Å²) in [7, 11) is 0. The van der Waals surface area contributed by atoms with Crippen molar-refractivity contribution in [3.05, 3.63) is 137 Å². The molecule has 7 N–H and O–H groups in total. The van der Waals surface area contributed by atoms with Crippen LogP contribution in [-0.2, 0) is 43.2 Å². The van der Waals surface area contributed by atoms with Crippen LogP contribution in [0.5, 0.6) is 0 Å². The Labute approximate surface area is 358 Å². The Balaban J connectivity index is 1.56. The summed E-state index contributed by atoms with van der Waals surface area (Å²) < 4.78 is 0. The lowest BCUT2D eigenvalue weighted by atomic mass is 9.98. The summed E-state index contributed by atoms with van der Waals surface area (Å²) in [6.45, 7) is 11.4. The first kappa shape index (κ1) is 47.2. The maximum absolute atomic E-state index is 14.3. The molecule has 61 heavy (non-hydrogen) atoms. The quantitative estimate of drug-likeness (QED) is 0.0565. The summed E-state index contributed by atoms with van der Waals surface area (Å²) >= 11 is 0. The number of amides is 6. The molecular weight excluding hydrogens is 773 g/mol. The second-order valence-corrected chi connectivity index (χ2v) is 16.4. The van der Waals surface area contributed by atoms with E-state index in [1.165, 1.54) is 0 Å². The third-order valence-corrected chi connectivity index (χ3v) is 9.88. The number of urea groups is 1. The molecule has 6 amide bonds. The molecule has 4 aromatic rings. The van der Waals surface area contributed by atoms with E-state index < -0.39 is 65.8 Å². The Morgan fingerprint density at radius 2 is 0.787 bits per heavy atom. The van der Waals surface area contributed by atoms with Crippen molar-refractivity contribution in [1.29, 1.82) is 0 Å². The minimum absolute atomic E-state index is 0.0404. The highest BCUT2D eigenvalue weighted by Crippen LogP contribution is 2.15. The van der Waals surface area contributed by atoms with Gasteiger partial charge in [-0.05, 0) is 78.5 Å². The molecule has 0 saturated heterocycles. The summed E-state index contributed by atoms with van der Waals surface area (Å²) in [5.74, 6) is -3.91. The molecule has 5 atom stereocenters. The fourth-order valence-electron chi connectivity index (χ4n) is 7.04. The number of benzene rings is 4. The van der Waals surface area contributed by atoms with Crippen LogP contribution in [0.4, 0.5) is 10.5 Å². The van der Waals surface area contributed by atoms with Gasteiger partial charge in [-0.2, -0.15) is 0 Å². The molecule has 324 valence electrons. The molecule has 0 spiro atoms. The van der Waals surface area contributed by atoms with Crippen LogP contribution in [0.25, 0.3) is 0 Å². The number of carbonyl (C=O) groups is 6. The van der Waals surface area contributed by atoms with Gasteiger partial charge in [-0.3, -0.25) is 19.2 Å². The summed E-state index contributed by atoms with van der Waals surface area (Å²) in [4.78, 5) is 81.9. The zero-order chi connectivity index (χ0) is 44.5. The van der Waals surface area contributed by atoms with Crippen molar-refractivity contribution in [1.82, 2.24) is 26.6 Å². The number of carboxylic acids is 1. The molecule has 0 unspecified atom stereocenters. The van der Waals surface area contributed by atoms with E-state index in [2.05, 4.69) is 31.9 Å². The normalized spacial score (nSPS) is 13.5. The summed E-state index contributed by atoms with van der Waals surface area (Å²) in [6.07, 6.45) is 0.633. The molecule has 13 nitrogen and oxygen atoms in total. The van der Waals surface area contributed by atoms with Crippen LogP contribution >= 0.6 is 0 Å². The standard InChI is InChI=1S/C48H60N6O7/c1-30(2)22-38(51-46(58)41(28-35-18-12-8-13-19-35)54-48(61)49-37-25-32(5)24-33(6)26-37)43(55)52-40(27-34-16-10-7-11-17-34)45(57)50-39(23-31(3)4)44(56)53-42(47(59)60)29-36-20-14-9-15-21-36/h7-21,24-26,30-31,38-42H,22-23,27-29H2,1-6H3,(H,50,57)(H,51,58)(H,52,55)(H,53,56)(H,59,60)(H2,49,54,61)/t38-,39-,40+,41+,42+/m1/s1. The molecule has 0 fully saturated rings. The number of carboxylic acid groups (broad SMARTS) is 1. The fraction of sp³-hybridized carbons (Fsp3) is 0.375. The molecule has 0 aliphatic carbocycles. The highest BCUT2D eigenvalue weighted by molar-refractivity contribution is 5.97. The summed E-state index contributed by atoms with van der Waals surface area (Å²) in [5, 5.41) is 26.7. The SMILES string of the molecule is Cc1cc(C)cc(NC(=O)N[C@@H](Cc2ccccc2)C(=O)N[C@H](CC(C)C)C(=O)N[C@@H](Cc2ccccc2)C(=O)N[C@H](CC(C)C)C(=O)N[C@@H](Cc2ccccc2)C(=O)O)c1. The van der Waals surface area contributed by atoms with Gasteiger partial charge in [-0.15, -0.1) is 0 Å². The number of aliphatic carboxylic acids is 1. The van der Waals surface area contributed by atoms with Crippen molar-refractivity contribution >= 4 is 41.3 Å². The predicted octanol–water partition coefficient (Wildman–Crippen LogP) is 5.64. The summed E-state index contributed by atoms with van der Waals surface area (Å²) in [6, 6.07) is 26.4. The van der Waals surface area contributed by atoms with Crippen LogP contribution in [0.15, 0.2) is 109 Å². The van der Waals surface area contributed by atoms with E-state index in [1.54, 1.807) is 36.4 Å². The van der Waals surface area contributed by atoms with E-state index in [4.69, 9.17) is 0 Å². The zero-order valence-corrected chi connectivity index (χ0v) is 35.9. The molecular formula is C48H60N6O7. The number of anilines is 1. The van der Waals surface area contributed by atoms with Crippen molar-refractivity contribution in [3.63, 3.8) is 0 Å². The molecule has 4 rings (SSSR count). The lowest BCUT2D eigenvalue weighted by Gasteiger charge is -2.28. The topological polar surface area (TPSA) is 195 Å². The fourth-order valence-corrected chi connectivity index (χ4v) is 7.04. The van der Waals surface area contributed by atoms with Gasteiger partial charge in [0.05, 0.1) is 0 Å². The molecule has 0 bridgehead atoms. The van der Waals surface area contributed by atoms with Gasteiger partial charge >= 0.3 is 12.0 Å². The number of carbonyl (C=O) groups excluding carboxylic acids is 5. The van der Waals surface area contributed by atoms with Crippen LogP contribution in [0.1, 0.15) is 68.4 Å². The van der Waals surface area contributed by atoms with Crippen LogP contribution in [0.2, 0.25) is 0 Å². The Kier molecular flexibility index (Phi) is 18.0. The van der Waals surface area contributed by atoms with E-state index >= 15 is 0 Å². The lowest BCUT2D eigenvalue weighted by Crippen LogP contribution is -2.60. The maximum Gasteiger partial charge on any atom is 0.326 e. The van der Waals surface area contributed by atoms with E-state index in [0.717, 1.165) is 27.8 Å². The number of hydrogen-bond acceptors (Lipinski definition) is 6. The average Bonchev–Trinajstić information content (AvgIpc) is 3.19. The van der Waals surface area contributed by atoms with Crippen LogP contribution < -0.4 is 31.9 Å². The van der Waals surface area contributed by atoms with Crippen molar-refractivity contribution in [2.45, 2.75) is 104 Å². The van der Waals surface area contributed by atoms with Gasteiger partial charge in [0.15, 0.2) is 0 Å². The van der Waals surface area contributed by atoms with Gasteiger partial charge in [0.25, 0.3) is 0 Å². The Hall–Kier alpha value is -6.50. The van der Waals surface area contributed by atoms with Crippen LogP contribution in [0.3, 0.4) is 0 Å². The second kappa shape index (κ2) is 23.3. The lowest BCUT2D eigenvalue weighted by molar-refractivity contribution is -0.142. The first-order chi connectivity index (χ1) is 29.1. The van der Waals surface area contributed by atoms with Crippen molar-refractivity contribution in [2.24, 2.45) is 11.8 Å². The van der Waals surface area contributed by atoms with E-state index in [9.17, 15) is 33.9 Å². The number of aryl methyl sites for hydroxylation is 2. The smallest absolute Gasteiger partial charge is 0.326 e.